The van der Waals surface area contributed by atoms with E-state index in [2.05, 4.69) is 26.3 Å². The molecule has 3 aromatic rings. The maximum absolute atomic E-state index is 13.0. The van der Waals surface area contributed by atoms with Crippen LogP contribution in [0.15, 0.2) is 42.7 Å². The van der Waals surface area contributed by atoms with Crippen LogP contribution in [0.25, 0.3) is 11.3 Å². The zero-order valence-electron chi connectivity index (χ0n) is 20.9. The van der Waals surface area contributed by atoms with Gasteiger partial charge < -0.3 is 19.9 Å². The molecule has 0 saturated carbocycles. The van der Waals surface area contributed by atoms with Crippen molar-refractivity contribution in [3.63, 3.8) is 0 Å². The van der Waals surface area contributed by atoms with Gasteiger partial charge in [-0.1, -0.05) is 6.92 Å². The first-order chi connectivity index (χ1) is 17.1. The van der Waals surface area contributed by atoms with Crippen molar-refractivity contribution >= 4 is 23.4 Å². The minimum absolute atomic E-state index is 0.184. The van der Waals surface area contributed by atoms with Crippen LogP contribution >= 0.6 is 0 Å². The Labute approximate surface area is 209 Å². The van der Waals surface area contributed by atoms with E-state index >= 15 is 0 Å². The van der Waals surface area contributed by atoms with Crippen LogP contribution in [0.2, 0.25) is 0 Å². The maximum atomic E-state index is 13.0. The summed E-state index contributed by atoms with van der Waals surface area (Å²) in [5.41, 5.74) is 1.73. The van der Waals surface area contributed by atoms with Crippen LogP contribution in [0.4, 0.5) is 22.1 Å². The summed E-state index contributed by atoms with van der Waals surface area (Å²) in [6.45, 7) is 7.16. The number of nitrogens with one attached hydrogen (secondary N) is 1. The van der Waals surface area contributed by atoms with E-state index in [4.69, 9.17) is 9.47 Å². The Morgan fingerprint density at radius 1 is 1.28 bits per heavy atom. The fraction of sp³-hybridized carbons (Fsp3) is 0.346. The predicted octanol–water partition coefficient (Wildman–Crippen LogP) is 4.17. The number of anilines is 3. The van der Waals surface area contributed by atoms with Crippen molar-refractivity contribution in [2.75, 3.05) is 30.5 Å². The minimum Gasteiger partial charge on any atom is -0.480 e. The van der Waals surface area contributed by atoms with Crippen molar-refractivity contribution in [3.05, 3.63) is 53.9 Å². The van der Waals surface area contributed by atoms with Gasteiger partial charge in [0.1, 0.15) is 17.4 Å². The number of ether oxygens (including phenoxy) is 2. The number of hydrogen-bond acceptors (Lipinski definition) is 9. The standard InChI is InChI=1S/C26H28N6O4/c1-25(2,3)36-24(34)32-14-26(4,15-33)18-12-16(11-17(13-27)21(18)32)19-8-10-29-23(30-19)31-20-7-6-9-28-22(20)35-5/h6-12,33H,14-15H2,1-5H3,(H,29,30,31). The molecule has 1 amide bonds. The summed E-state index contributed by atoms with van der Waals surface area (Å²) in [5.74, 6) is 0.717. The zero-order valence-corrected chi connectivity index (χ0v) is 20.9. The van der Waals surface area contributed by atoms with Gasteiger partial charge in [-0.3, -0.25) is 4.90 Å². The third-order valence-corrected chi connectivity index (χ3v) is 5.78. The fourth-order valence-corrected chi connectivity index (χ4v) is 4.09. The molecule has 1 aromatic carbocycles. The molecule has 0 saturated heterocycles. The molecule has 1 atom stereocenters. The molecule has 1 aliphatic rings. The predicted molar refractivity (Wildman–Crippen MR) is 134 cm³/mol. The molecule has 1 unspecified atom stereocenters. The highest BCUT2D eigenvalue weighted by Gasteiger charge is 2.44. The molecule has 2 N–H and O–H groups in total. The number of carbonyl (C=O) groups is 1. The smallest absolute Gasteiger partial charge is 0.414 e. The van der Waals surface area contributed by atoms with Crippen molar-refractivity contribution in [1.29, 1.82) is 5.26 Å². The normalized spacial score (nSPS) is 16.8. The van der Waals surface area contributed by atoms with Gasteiger partial charge >= 0.3 is 6.09 Å². The van der Waals surface area contributed by atoms with Crippen LogP contribution < -0.4 is 15.0 Å². The number of nitrogens with zero attached hydrogens (tertiary/aromatic N) is 5. The van der Waals surface area contributed by atoms with Gasteiger partial charge in [-0.05, 0) is 56.7 Å². The summed E-state index contributed by atoms with van der Waals surface area (Å²) < 4.78 is 10.9. The van der Waals surface area contributed by atoms with Crippen molar-refractivity contribution in [2.24, 2.45) is 0 Å². The van der Waals surface area contributed by atoms with Crippen molar-refractivity contribution in [2.45, 2.75) is 38.7 Å². The van der Waals surface area contributed by atoms with E-state index in [9.17, 15) is 15.2 Å². The molecule has 0 spiro atoms. The van der Waals surface area contributed by atoms with E-state index in [1.54, 1.807) is 57.4 Å². The Balaban J connectivity index is 1.76. The monoisotopic (exact) mass is 488 g/mol. The lowest BCUT2D eigenvalue weighted by molar-refractivity contribution is 0.0575. The number of aliphatic hydroxyl groups excluding tert-OH is 1. The van der Waals surface area contributed by atoms with E-state index < -0.39 is 17.1 Å². The molecule has 0 fully saturated rings. The number of pyridine rings is 1. The Morgan fingerprint density at radius 2 is 2.06 bits per heavy atom. The van der Waals surface area contributed by atoms with Gasteiger partial charge in [0.15, 0.2) is 0 Å². The number of methoxy groups -OCH3 is 1. The summed E-state index contributed by atoms with van der Waals surface area (Å²) in [7, 11) is 1.53. The first kappa shape index (κ1) is 24.9. The fourth-order valence-electron chi connectivity index (χ4n) is 4.09. The molecule has 10 heteroatoms. The van der Waals surface area contributed by atoms with Gasteiger partial charge in [0.05, 0.1) is 30.7 Å². The Morgan fingerprint density at radius 3 is 2.72 bits per heavy atom. The SMILES string of the molecule is COc1ncccc1Nc1nccc(-c2cc(C#N)c3c(c2)C(C)(CO)CN3C(=O)OC(C)(C)C)n1. The highest BCUT2D eigenvalue weighted by atomic mass is 16.6. The van der Waals surface area contributed by atoms with Gasteiger partial charge in [0, 0.05) is 29.9 Å². The number of aromatic nitrogens is 3. The first-order valence-corrected chi connectivity index (χ1v) is 11.4. The summed E-state index contributed by atoms with van der Waals surface area (Å²) in [6, 6.07) is 11.0. The topological polar surface area (TPSA) is 133 Å². The van der Waals surface area contributed by atoms with E-state index in [0.717, 1.165) is 0 Å². The number of rotatable bonds is 5. The second-order valence-electron chi connectivity index (χ2n) is 9.77. The van der Waals surface area contributed by atoms with Crippen LogP contribution in [0.5, 0.6) is 5.88 Å². The van der Waals surface area contributed by atoms with E-state index in [-0.39, 0.29) is 18.7 Å². The highest BCUT2D eigenvalue weighted by Crippen LogP contribution is 2.45. The third-order valence-electron chi connectivity index (χ3n) is 5.78. The Bertz CT molecular complexity index is 1350. The van der Waals surface area contributed by atoms with Gasteiger partial charge in [-0.25, -0.2) is 19.7 Å². The molecule has 0 radical (unpaired) electrons. The summed E-state index contributed by atoms with van der Waals surface area (Å²) in [5, 5.41) is 23.4. The lowest BCUT2D eigenvalue weighted by Crippen LogP contribution is -2.40. The molecule has 4 rings (SSSR count). The molecule has 10 nitrogen and oxygen atoms in total. The number of hydrogen-bond donors (Lipinski definition) is 2. The summed E-state index contributed by atoms with van der Waals surface area (Å²) >= 11 is 0. The maximum Gasteiger partial charge on any atom is 0.414 e. The van der Waals surface area contributed by atoms with Gasteiger partial charge in [0.2, 0.25) is 11.8 Å². The lowest BCUT2D eigenvalue weighted by Gasteiger charge is -2.26. The van der Waals surface area contributed by atoms with Crippen molar-refractivity contribution in [3.8, 4) is 23.2 Å². The number of aliphatic hydroxyl groups is 1. The van der Waals surface area contributed by atoms with Gasteiger partial charge in [0.25, 0.3) is 0 Å². The number of nitriles is 1. The molecule has 3 heterocycles. The molecule has 186 valence electrons. The number of carbonyl (C=O) groups excluding carboxylic acids is 1. The zero-order chi connectivity index (χ0) is 26.1. The summed E-state index contributed by atoms with van der Waals surface area (Å²) in [4.78, 5) is 27.5. The summed E-state index contributed by atoms with van der Waals surface area (Å²) in [6.07, 6.45) is 2.66. The number of fused-ring (bicyclic) bond motifs is 1. The molecule has 1 aliphatic heterocycles. The van der Waals surface area contributed by atoms with Crippen molar-refractivity contribution < 1.29 is 19.4 Å². The second-order valence-corrected chi connectivity index (χ2v) is 9.77. The first-order valence-electron chi connectivity index (χ1n) is 11.4. The van der Waals surface area contributed by atoms with Crippen LogP contribution in [0, 0.1) is 11.3 Å². The van der Waals surface area contributed by atoms with Crippen LogP contribution in [-0.4, -0.2) is 52.0 Å². The van der Waals surface area contributed by atoms with Crippen LogP contribution in [0.1, 0.15) is 38.8 Å². The molecular weight excluding hydrogens is 460 g/mol. The second kappa shape index (κ2) is 9.43. The third kappa shape index (κ3) is 4.78. The van der Waals surface area contributed by atoms with E-state index in [0.29, 0.717) is 40.0 Å². The number of benzene rings is 1. The van der Waals surface area contributed by atoms with E-state index in [1.807, 2.05) is 13.0 Å². The quantitative estimate of drug-likeness (QED) is 0.543. The minimum atomic E-state index is -0.787. The van der Waals surface area contributed by atoms with Crippen molar-refractivity contribution in [1.82, 2.24) is 15.0 Å². The molecule has 2 aromatic heterocycles. The highest BCUT2D eigenvalue weighted by molar-refractivity contribution is 5.95. The average molecular weight is 489 g/mol. The Kier molecular flexibility index (Phi) is 6.52. The number of amides is 1. The largest absolute Gasteiger partial charge is 0.480 e. The molecule has 36 heavy (non-hydrogen) atoms. The average Bonchev–Trinajstić information content (AvgIpc) is 3.16. The van der Waals surface area contributed by atoms with Crippen LogP contribution in [0.3, 0.4) is 0 Å². The van der Waals surface area contributed by atoms with Crippen LogP contribution in [-0.2, 0) is 10.2 Å². The molecular formula is C26H28N6O4. The van der Waals surface area contributed by atoms with E-state index in [1.165, 1.54) is 12.0 Å². The molecule has 0 aliphatic carbocycles. The van der Waals surface area contributed by atoms with Gasteiger partial charge in [-0.2, -0.15) is 5.26 Å². The Hall–Kier alpha value is -4.23. The molecule has 0 bridgehead atoms. The van der Waals surface area contributed by atoms with Gasteiger partial charge in [-0.15, -0.1) is 0 Å². The lowest BCUT2D eigenvalue weighted by atomic mass is 9.83.